The van der Waals surface area contributed by atoms with E-state index in [2.05, 4.69) is 25.6 Å². The number of alkyl halides is 2. The Labute approximate surface area is 171 Å². The second-order valence-corrected chi connectivity index (χ2v) is 7.29. The number of halogens is 2. The van der Waals surface area contributed by atoms with E-state index in [1.807, 2.05) is 30.3 Å². The quantitative estimate of drug-likeness (QED) is 0.506. The SMILES string of the molecule is NC(=O)c1ncc(NC2CCCC(F)(F)C2N)nc1Nc1cnc2ccccc2c1. The van der Waals surface area contributed by atoms with Crippen LogP contribution in [0.4, 0.5) is 26.1 Å². The summed E-state index contributed by atoms with van der Waals surface area (Å²) in [6.07, 6.45) is 3.46. The number of benzene rings is 1. The monoisotopic (exact) mass is 413 g/mol. The van der Waals surface area contributed by atoms with Crippen molar-refractivity contribution in [2.24, 2.45) is 11.5 Å². The number of amides is 1. The Morgan fingerprint density at radius 1 is 1.20 bits per heavy atom. The Morgan fingerprint density at radius 2 is 2.00 bits per heavy atom. The first-order chi connectivity index (χ1) is 14.3. The lowest BCUT2D eigenvalue weighted by Gasteiger charge is -2.36. The van der Waals surface area contributed by atoms with Gasteiger partial charge >= 0.3 is 0 Å². The molecule has 0 aliphatic heterocycles. The second-order valence-electron chi connectivity index (χ2n) is 7.29. The standard InChI is InChI=1S/C20H21F2N7O/c21-20(22)7-3-6-14(17(20)23)28-15-10-26-16(18(24)30)19(29-15)27-12-8-11-4-1-2-5-13(11)25-9-12/h1-2,4-5,8-10,14,17H,3,6-7,23H2,(H2,24,30)(H2,27,28,29). The number of fused-ring (bicyclic) bond motifs is 1. The first kappa shape index (κ1) is 19.9. The summed E-state index contributed by atoms with van der Waals surface area (Å²) >= 11 is 0. The molecule has 6 N–H and O–H groups in total. The molecule has 0 bridgehead atoms. The lowest BCUT2D eigenvalue weighted by atomic mass is 9.87. The third-order valence-electron chi connectivity index (χ3n) is 5.14. The number of rotatable bonds is 5. The van der Waals surface area contributed by atoms with Crippen molar-refractivity contribution in [2.75, 3.05) is 10.6 Å². The highest BCUT2D eigenvalue weighted by Gasteiger charge is 2.44. The molecule has 2 unspecified atom stereocenters. The first-order valence-corrected chi connectivity index (χ1v) is 9.52. The van der Waals surface area contributed by atoms with E-state index in [0.29, 0.717) is 18.5 Å². The molecule has 1 fully saturated rings. The molecule has 1 saturated carbocycles. The minimum atomic E-state index is -2.95. The van der Waals surface area contributed by atoms with E-state index in [4.69, 9.17) is 11.5 Å². The average Bonchev–Trinajstić information content (AvgIpc) is 2.71. The number of aromatic nitrogens is 3. The van der Waals surface area contributed by atoms with Gasteiger partial charge in [-0.05, 0) is 25.0 Å². The molecule has 8 nitrogen and oxygen atoms in total. The minimum absolute atomic E-state index is 0.0769. The lowest BCUT2D eigenvalue weighted by Crippen LogP contribution is -2.55. The van der Waals surface area contributed by atoms with Gasteiger partial charge in [0.15, 0.2) is 11.5 Å². The van der Waals surface area contributed by atoms with E-state index in [1.165, 1.54) is 6.20 Å². The van der Waals surface area contributed by atoms with Crippen molar-refractivity contribution in [1.82, 2.24) is 15.0 Å². The van der Waals surface area contributed by atoms with Gasteiger partial charge in [0, 0.05) is 17.8 Å². The van der Waals surface area contributed by atoms with Gasteiger partial charge in [0.05, 0.1) is 29.6 Å². The molecule has 4 rings (SSSR count). The number of nitrogens with two attached hydrogens (primary N) is 2. The minimum Gasteiger partial charge on any atom is -0.364 e. The van der Waals surface area contributed by atoms with Crippen LogP contribution in [0.25, 0.3) is 10.9 Å². The number of hydrogen-bond acceptors (Lipinski definition) is 7. The lowest BCUT2D eigenvalue weighted by molar-refractivity contribution is -0.0554. The molecule has 0 radical (unpaired) electrons. The van der Waals surface area contributed by atoms with Crippen molar-refractivity contribution in [3.8, 4) is 0 Å². The highest BCUT2D eigenvalue weighted by molar-refractivity contribution is 5.96. The molecule has 2 aromatic heterocycles. The maximum atomic E-state index is 13.9. The largest absolute Gasteiger partial charge is 0.364 e. The number of nitrogens with zero attached hydrogens (tertiary/aromatic N) is 3. The van der Waals surface area contributed by atoms with Crippen LogP contribution in [0.3, 0.4) is 0 Å². The third-order valence-corrected chi connectivity index (χ3v) is 5.14. The summed E-state index contributed by atoms with van der Waals surface area (Å²) in [4.78, 5) is 24.5. The van der Waals surface area contributed by atoms with Gasteiger partial charge < -0.3 is 22.1 Å². The first-order valence-electron chi connectivity index (χ1n) is 9.52. The van der Waals surface area contributed by atoms with E-state index >= 15 is 0 Å². The van der Waals surface area contributed by atoms with Gasteiger partial charge in [-0.2, -0.15) is 0 Å². The van der Waals surface area contributed by atoms with Crippen LogP contribution >= 0.6 is 0 Å². The van der Waals surface area contributed by atoms with E-state index in [0.717, 1.165) is 10.9 Å². The molecule has 10 heteroatoms. The molecule has 0 saturated heterocycles. The Morgan fingerprint density at radius 3 is 2.80 bits per heavy atom. The van der Waals surface area contributed by atoms with Gasteiger partial charge in [-0.1, -0.05) is 18.2 Å². The van der Waals surface area contributed by atoms with Gasteiger partial charge in [0.1, 0.15) is 5.82 Å². The molecule has 30 heavy (non-hydrogen) atoms. The Kier molecular flexibility index (Phi) is 5.17. The van der Waals surface area contributed by atoms with Crippen LogP contribution in [0.1, 0.15) is 29.8 Å². The van der Waals surface area contributed by atoms with Crippen LogP contribution in [0, 0.1) is 0 Å². The number of anilines is 3. The highest BCUT2D eigenvalue weighted by atomic mass is 19.3. The van der Waals surface area contributed by atoms with Crippen molar-refractivity contribution in [2.45, 2.75) is 37.3 Å². The summed E-state index contributed by atoms with van der Waals surface area (Å²) < 4.78 is 27.9. The van der Waals surface area contributed by atoms with Crippen molar-refractivity contribution < 1.29 is 13.6 Å². The van der Waals surface area contributed by atoms with Crippen molar-refractivity contribution >= 4 is 34.1 Å². The van der Waals surface area contributed by atoms with E-state index in [9.17, 15) is 13.6 Å². The van der Waals surface area contributed by atoms with Crippen LogP contribution in [0.15, 0.2) is 42.7 Å². The molecule has 1 aliphatic carbocycles. The summed E-state index contributed by atoms with van der Waals surface area (Å²) in [7, 11) is 0. The summed E-state index contributed by atoms with van der Waals surface area (Å²) in [6.45, 7) is 0. The van der Waals surface area contributed by atoms with Gasteiger partial charge in [-0.25, -0.2) is 18.7 Å². The maximum Gasteiger partial charge on any atom is 0.271 e. The van der Waals surface area contributed by atoms with E-state index in [1.54, 1.807) is 6.20 Å². The zero-order valence-electron chi connectivity index (χ0n) is 16.0. The third kappa shape index (κ3) is 3.99. The van der Waals surface area contributed by atoms with Crippen molar-refractivity contribution in [3.05, 3.63) is 48.4 Å². The van der Waals surface area contributed by atoms with E-state index < -0.39 is 23.9 Å². The van der Waals surface area contributed by atoms with Gasteiger partial charge in [-0.3, -0.25) is 9.78 Å². The fourth-order valence-electron chi connectivity index (χ4n) is 3.55. The van der Waals surface area contributed by atoms with Crippen molar-refractivity contribution in [1.29, 1.82) is 0 Å². The summed E-state index contributed by atoms with van der Waals surface area (Å²) in [5, 5.41) is 6.81. The van der Waals surface area contributed by atoms with Crippen LogP contribution < -0.4 is 22.1 Å². The predicted molar refractivity (Wildman–Crippen MR) is 110 cm³/mol. The number of para-hydroxylation sites is 1. The van der Waals surface area contributed by atoms with Gasteiger partial charge in [-0.15, -0.1) is 0 Å². The molecule has 1 aromatic carbocycles. The highest BCUT2D eigenvalue weighted by Crippen LogP contribution is 2.33. The molecule has 3 aromatic rings. The molecule has 156 valence electrons. The number of pyridine rings is 1. The number of hydrogen-bond donors (Lipinski definition) is 4. The Balaban J connectivity index is 1.62. The Hall–Kier alpha value is -3.40. The molecule has 1 aliphatic rings. The number of primary amides is 1. The van der Waals surface area contributed by atoms with Crippen molar-refractivity contribution in [3.63, 3.8) is 0 Å². The Bertz CT molecular complexity index is 1090. The fraction of sp³-hybridized carbons (Fsp3) is 0.300. The molecule has 2 atom stereocenters. The van der Waals surface area contributed by atoms with Crippen LogP contribution in [-0.2, 0) is 0 Å². The summed E-state index contributed by atoms with van der Waals surface area (Å²) in [5.41, 5.74) is 12.5. The molecular formula is C20H21F2N7O. The normalized spacial score (nSPS) is 20.6. The average molecular weight is 413 g/mol. The fourth-order valence-corrected chi connectivity index (χ4v) is 3.55. The smallest absolute Gasteiger partial charge is 0.271 e. The topological polar surface area (TPSA) is 132 Å². The van der Waals surface area contributed by atoms with Gasteiger partial charge in [0.25, 0.3) is 11.8 Å². The number of carbonyl (C=O) groups is 1. The second kappa shape index (κ2) is 7.79. The zero-order chi connectivity index (χ0) is 21.3. The molecular weight excluding hydrogens is 392 g/mol. The summed E-state index contributed by atoms with van der Waals surface area (Å²) in [5.74, 6) is -3.41. The molecule has 1 amide bonds. The van der Waals surface area contributed by atoms with Crippen LogP contribution in [-0.4, -0.2) is 38.9 Å². The molecule has 0 spiro atoms. The van der Waals surface area contributed by atoms with Crippen LogP contribution in [0.2, 0.25) is 0 Å². The zero-order valence-corrected chi connectivity index (χ0v) is 16.0. The maximum absolute atomic E-state index is 13.9. The van der Waals surface area contributed by atoms with E-state index in [-0.39, 0.29) is 23.8 Å². The predicted octanol–water partition coefficient (Wildman–Crippen LogP) is 2.79. The van der Waals surface area contributed by atoms with Crippen LogP contribution in [0.5, 0.6) is 0 Å². The number of nitrogens with one attached hydrogen (secondary N) is 2. The molecule has 2 heterocycles. The summed E-state index contributed by atoms with van der Waals surface area (Å²) in [6, 6.07) is 7.37. The van der Waals surface area contributed by atoms with Gasteiger partial charge in [0.2, 0.25) is 0 Å². The number of carbonyl (C=O) groups excluding carboxylic acids is 1.